The highest BCUT2D eigenvalue weighted by Gasteiger charge is 2.29. The number of aliphatic hydroxyl groups is 1. The smallest absolute Gasteiger partial charge is 0.395 e. The van der Waals surface area contributed by atoms with Crippen LogP contribution >= 0.6 is 0 Å². The van der Waals surface area contributed by atoms with Gasteiger partial charge in [0.2, 0.25) is 12.2 Å². The lowest BCUT2D eigenvalue weighted by Crippen LogP contribution is -2.17. The van der Waals surface area contributed by atoms with Crippen LogP contribution in [0.1, 0.15) is 6.42 Å². The molecule has 0 spiro atoms. The number of fused-ring (bicyclic) bond motifs is 1. The monoisotopic (exact) mass is 207 g/mol. The zero-order valence-corrected chi connectivity index (χ0v) is 8.13. The molecular weight excluding hydrogens is 196 g/mol. The van der Waals surface area contributed by atoms with E-state index in [4.69, 9.17) is 5.11 Å². The zero-order chi connectivity index (χ0) is 10.7. The highest BCUT2D eigenvalue weighted by atomic mass is 16.2. The second-order valence-corrected chi connectivity index (χ2v) is 3.12. The number of amides is 1. The molecule has 0 saturated heterocycles. The molecule has 0 radical (unpaired) electrons. The van der Waals surface area contributed by atoms with Crippen molar-refractivity contribution in [3.8, 4) is 6.07 Å². The van der Waals surface area contributed by atoms with Gasteiger partial charge in [0.05, 0.1) is 13.2 Å². The van der Waals surface area contributed by atoms with E-state index in [0.29, 0.717) is 31.0 Å². The minimum absolute atomic E-state index is 0.0182. The minimum atomic E-state index is 0.0182. The maximum absolute atomic E-state index is 10.7. The standard InChI is InChI=1S/C9H11N4O2/c14-5-1-2-10-8-6-11-13-4-3-12(7-15)9(8)13/h6-7,14H,1,3-5H2/q+1. The van der Waals surface area contributed by atoms with Crippen LogP contribution in [0.2, 0.25) is 0 Å². The summed E-state index contributed by atoms with van der Waals surface area (Å²) in [5.74, 6) is 0.704. The molecule has 2 heterocycles. The van der Waals surface area contributed by atoms with Crippen LogP contribution in [0.4, 0.5) is 11.5 Å². The van der Waals surface area contributed by atoms with Crippen LogP contribution in [0.3, 0.4) is 0 Å². The van der Waals surface area contributed by atoms with Crippen LogP contribution in [-0.2, 0) is 11.3 Å². The summed E-state index contributed by atoms with van der Waals surface area (Å²) >= 11 is 0. The molecule has 78 valence electrons. The van der Waals surface area contributed by atoms with Gasteiger partial charge in [-0.2, -0.15) is 5.10 Å². The van der Waals surface area contributed by atoms with E-state index in [1.165, 1.54) is 0 Å². The van der Waals surface area contributed by atoms with Crippen molar-refractivity contribution in [2.45, 2.75) is 13.0 Å². The van der Waals surface area contributed by atoms with Crippen LogP contribution in [0.25, 0.3) is 4.85 Å². The highest BCUT2D eigenvalue weighted by Crippen LogP contribution is 2.31. The Labute approximate surface area is 86.5 Å². The van der Waals surface area contributed by atoms with Crippen LogP contribution in [0.15, 0.2) is 6.20 Å². The molecule has 1 aliphatic heterocycles. The Balaban J connectivity index is 2.28. The van der Waals surface area contributed by atoms with E-state index in [0.717, 1.165) is 6.41 Å². The van der Waals surface area contributed by atoms with Gasteiger partial charge >= 0.3 is 5.69 Å². The summed E-state index contributed by atoms with van der Waals surface area (Å²) in [6.07, 6.45) is 2.74. The fourth-order valence-electron chi connectivity index (χ4n) is 1.51. The third-order valence-electron chi connectivity index (χ3n) is 2.17. The van der Waals surface area contributed by atoms with E-state index in [1.807, 2.05) is 0 Å². The lowest BCUT2D eigenvalue weighted by atomic mass is 10.5. The van der Waals surface area contributed by atoms with Crippen LogP contribution in [-0.4, -0.2) is 34.4 Å². The lowest BCUT2D eigenvalue weighted by Gasteiger charge is -2.02. The molecule has 15 heavy (non-hydrogen) atoms. The molecule has 6 nitrogen and oxygen atoms in total. The number of hydrogen-bond acceptors (Lipinski definition) is 3. The maximum Gasteiger partial charge on any atom is 0.402 e. The fourth-order valence-corrected chi connectivity index (χ4v) is 1.51. The molecule has 0 saturated carbocycles. The molecule has 0 fully saturated rings. The molecule has 1 aromatic rings. The summed E-state index contributed by atoms with van der Waals surface area (Å²) < 4.78 is 1.73. The molecule has 0 unspecified atom stereocenters. The Bertz CT molecular complexity index is 429. The SMILES string of the molecule is O=CN1CCn2ncc([N+]#CCCO)c21. The minimum Gasteiger partial charge on any atom is -0.395 e. The average Bonchev–Trinajstić information content (AvgIpc) is 2.80. The predicted molar refractivity (Wildman–Crippen MR) is 54.2 cm³/mol. The van der Waals surface area contributed by atoms with Gasteiger partial charge in [-0.3, -0.25) is 9.69 Å². The maximum atomic E-state index is 10.7. The summed E-state index contributed by atoms with van der Waals surface area (Å²) in [5, 5.41) is 12.7. The molecule has 0 aliphatic carbocycles. The van der Waals surface area contributed by atoms with Gasteiger partial charge in [0.15, 0.2) is 0 Å². The normalized spacial score (nSPS) is 13.3. The van der Waals surface area contributed by atoms with Gasteiger partial charge in [-0.15, -0.1) is 0 Å². The topological polar surface area (TPSA) is 62.7 Å². The molecule has 2 rings (SSSR count). The van der Waals surface area contributed by atoms with Crippen molar-refractivity contribution < 1.29 is 9.90 Å². The Kier molecular flexibility index (Phi) is 2.65. The molecule has 0 bridgehead atoms. The van der Waals surface area contributed by atoms with Gasteiger partial charge in [0, 0.05) is 6.54 Å². The lowest BCUT2D eigenvalue weighted by molar-refractivity contribution is -0.107. The first-order chi connectivity index (χ1) is 7.36. The number of aromatic nitrogens is 2. The number of rotatable bonds is 2. The number of anilines is 1. The average molecular weight is 207 g/mol. The fraction of sp³-hybridized carbons (Fsp3) is 0.444. The summed E-state index contributed by atoms with van der Waals surface area (Å²) in [6, 6.07) is 2.69. The predicted octanol–water partition coefficient (Wildman–Crippen LogP) is 0.206. The first kappa shape index (κ1) is 9.68. The van der Waals surface area contributed by atoms with E-state index in [-0.39, 0.29) is 6.61 Å². The van der Waals surface area contributed by atoms with Gasteiger partial charge in [0.1, 0.15) is 12.6 Å². The number of aliphatic hydroxyl groups excluding tert-OH is 1. The quantitative estimate of drug-likeness (QED) is 0.705. The first-order valence-electron chi connectivity index (χ1n) is 4.69. The molecule has 1 aromatic heterocycles. The van der Waals surface area contributed by atoms with Crippen LogP contribution in [0.5, 0.6) is 0 Å². The van der Waals surface area contributed by atoms with E-state index in [1.54, 1.807) is 15.8 Å². The van der Waals surface area contributed by atoms with E-state index in [2.05, 4.69) is 16.0 Å². The van der Waals surface area contributed by atoms with Gasteiger partial charge in [-0.05, 0) is 4.85 Å². The Morgan fingerprint density at radius 1 is 1.67 bits per heavy atom. The van der Waals surface area contributed by atoms with Gasteiger partial charge in [0.25, 0.3) is 6.07 Å². The van der Waals surface area contributed by atoms with Crippen molar-refractivity contribution in [1.82, 2.24) is 9.78 Å². The zero-order valence-electron chi connectivity index (χ0n) is 8.13. The second kappa shape index (κ2) is 4.11. The van der Waals surface area contributed by atoms with Gasteiger partial charge < -0.3 is 5.11 Å². The van der Waals surface area contributed by atoms with Gasteiger partial charge in [-0.1, -0.05) is 0 Å². The molecule has 0 aromatic carbocycles. The van der Waals surface area contributed by atoms with Crippen molar-refractivity contribution in [3.63, 3.8) is 0 Å². The first-order valence-corrected chi connectivity index (χ1v) is 4.69. The number of carbonyl (C=O) groups is 1. The molecule has 1 N–H and O–H groups in total. The third-order valence-corrected chi connectivity index (χ3v) is 2.17. The van der Waals surface area contributed by atoms with E-state index < -0.39 is 0 Å². The molecule has 0 atom stereocenters. The Morgan fingerprint density at radius 3 is 3.27 bits per heavy atom. The van der Waals surface area contributed by atoms with Crippen molar-refractivity contribution in [1.29, 1.82) is 0 Å². The van der Waals surface area contributed by atoms with Crippen molar-refractivity contribution >= 4 is 17.9 Å². The Hall–Kier alpha value is -1.87. The second-order valence-electron chi connectivity index (χ2n) is 3.12. The largest absolute Gasteiger partial charge is 0.402 e. The number of carbonyl (C=O) groups excluding carboxylic acids is 1. The summed E-state index contributed by atoms with van der Waals surface area (Å²) in [7, 11) is 0. The number of hydrogen-bond donors (Lipinski definition) is 1. The third kappa shape index (κ3) is 1.69. The summed E-state index contributed by atoms with van der Waals surface area (Å²) in [5.41, 5.74) is 0.619. The molecule has 1 amide bonds. The summed E-state index contributed by atoms with van der Waals surface area (Å²) in [4.78, 5) is 16.3. The van der Waals surface area contributed by atoms with E-state index in [9.17, 15) is 4.79 Å². The molecule has 1 aliphatic rings. The Morgan fingerprint density at radius 2 is 2.53 bits per heavy atom. The van der Waals surface area contributed by atoms with Crippen LogP contribution < -0.4 is 4.90 Å². The van der Waals surface area contributed by atoms with Crippen molar-refractivity contribution in [3.05, 3.63) is 11.0 Å². The number of nitrogens with zero attached hydrogens (tertiary/aromatic N) is 4. The molecular formula is C9H11N4O2+. The van der Waals surface area contributed by atoms with E-state index >= 15 is 0 Å². The molecule has 6 heteroatoms. The summed E-state index contributed by atoms with van der Waals surface area (Å²) in [6.45, 7) is 1.35. The van der Waals surface area contributed by atoms with Gasteiger partial charge in [-0.25, -0.2) is 4.68 Å². The van der Waals surface area contributed by atoms with Crippen LogP contribution in [0, 0.1) is 6.07 Å². The van der Waals surface area contributed by atoms with Crippen molar-refractivity contribution in [2.75, 3.05) is 18.1 Å². The van der Waals surface area contributed by atoms with Crippen molar-refractivity contribution in [2.24, 2.45) is 0 Å². The highest BCUT2D eigenvalue weighted by molar-refractivity contribution is 5.82.